The van der Waals surface area contributed by atoms with Crippen molar-refractivity contribution in [3.63, 3.8) is 0 Å². The monoisotopic (exact) mass is 547 g/mol. The van der Waals surface area contributed by atoms with Crippen molar-refractivity contribution in [2.45, 2.75) is 63.7 Å². The third-order valence-electron chi connectivity index (χ3n) is 7.34. The predicted octanol–water partition coefficient (Wildman–Crippen LogP) is 0.703. The number of nitrogens with one attached hydrogen (secondary N) is 4. The second-order valence-electron chi connectivity index (χ2n) is 10.7. The van der Waals surface area contributed by atoms with Gasteiger partial charge in [-0.25, -0.2) is 0 Å². The van der Waals surface area contributed by atoms with E-state index in [1.165, 1.54) is 4.90 Å². The molecular formula is C30H37N5O5. The molecule has 10 nitrogen and oxygen atoms in total. The van der Waals surface area contributed by atoms with Gasteiger partial charge in [-0.3, -0.25) is 24.0 Å². The standard InChI is InChI=1S/C30H37N5O5/c1-19(2)26-29(39)33-23(17-21-12-7-4-8-13-21)30(40)35-15-9-14-24(35)28(38)31-18-25(36)32-22(27(37)34-26)16-20-10-5-3-6-11-20/h3-8,10-13,19,22-24,26H,9,14-18H2,1-2H3,(H,31,38)(H,32,36)(H,33,39)(H,34,37)/t22-,23-,24-,26+/m0/s1. The minimum absolute atomic E-state index is 0.199. The van der Waals surface area contributed by atoms with E-state index in [1.807, 2.05) is 60.7 Å². The smallest absolute Gasteiger partial charge is 0.246 e. The highest BCUT2D eigenvalue weighted by Crippen LogP contribution is 2.20. The molecule has 2 aromatic rings. The van der Waals surface area contributed by atoms with Gasteiger partial charge < -0.3 is 26.2 Å². The second kappa shape index (κ2) is 13.2. The second-order valence-corrected chi connectivity index (χ2v) is 10.7. The molecule has 2 aliphatic heterocycles. The average Bonchev–Trinajstić information content (AvgIpc) is 3.44. The van der Waals surface area contributed by atoms with Crippen LogP contribution in [0, 0.1) is 5.92 Å². The van der Waals surface area contributed by atoms with Crippen LogP contribution in [0.25, 0.3) is 0 Å². The molecule has 5 amide bonds. The Hall–Kier alpha value is -4.21. The van der Waals surface area contributed by atoms with Crippen molar-refractivity contribution in [1.29, 1.82) is 0 Å². The van der Waals surface area contributed by atoms with Crippen molar-refractivity contribution < 1.29 is 24.0 Å². The highest BCUT2D eigenvalue weighted by atomic mass is 16.2. The van der Waals surface area contributed by atoms with Crippen LogP contribution in [-0.2, 0) is 36.8 Å². The molecule has 4 atom stereocenters. The topological polar surface area (TPSA) is 137 Å². The zero-order valence-electron chi connectivity index (χ0n) is 22.9. The third-order valence-corrected chi connectivity index (χ3v) is 7.34. The Morgan fingerprint density at radius 3 is 1.95 bits per heavy atom. The summed E-state index contributed by atoms with van der Waals surface area (Å²) >= 11 is 0. The number of hydrogen-bond donors (Lipinski definition) is 4. The van der Waals surface area contributed by atoms with Crippen molar-refractivity contribution in [3.05, 3.63) is 71.8 Å². The van der Waals surface area contributed by atoms with Gasteiger partial charge in [0.2, 0.25) is 29.5 Å². The molecule has 0 saturated carbocycles. The van der Waals surface area contributed by atoms with Crippen LogP contribution < -0.4 is 21.3 Å². The first-order valence-corrected chi connectivity index (χ1v) is 13.8. The molecule has 10 heteroatoms. The first kappa shape index (κ1) is 28.8. The Labute approximate surface area is 234 Å². The summed E-state index contributed by atoms with van der Waals surface area (Å²) in [6.45, 7) is 3.63. The lowest BCUT2D eigenvalue weighted by Gasteiger charge is -2.30. The van der Waals surface area contributed by atoms with Crippen LogP contribution in [0.2, 0.25) is 0 Å². The van der Waals surface area contributed by atoms with Gasteiger partial charge in [-0.05, 0) is 29.9 Å². The van der Waals surface area contributed by atoms with Crippen LogP contribution in [0.1, 0.15) is 37.8 Å². The van der Waals surface area contributed by atoms with Crippen LogP contribution in [0.5, 0.6) is 0 Å². The van der Waals surface area contributed by atoms with E-state index in [0.29, 0.717) is 19.4 Å². The summed E-state index contributed by atoms with van der Waals surface area (Å²) in [7, 11) is 0. The summed E-state index contributed by atoms with van der Waals surface area (Å²) in [5, 5.41) is 11.0. The van der Waals surface area contributed by atoms with Gasteiger partial charge in [0.05, 0.1) is 6.54 Å². The van der Waals surface area contributed by atoms with Gasteiger partial charge in [0, 0.05) is 19.4 Å². The summed E-state index contributed by atoms with van der Waals surface area (Å²) in [5.41, 5.74) is 1.67. The summed E-state index contributed by atoms with van der Waals surface area (Å²) in [5.74, 6) is -2.68. The molecule has 0 radical (unpaired) electrons. The Bertz CT molecular complexity index is 1220. The fourth-order valence-electron chi connectivity index (χ4n) is 5.19. The van der Waals surface area contributed by atoms with Gasteiger partial charge >= 0.3 is 0 Å². The average molecular weight is 548 g/mol. The molecule has 2 heterocycles. The van der Waals surface area contributed by atoms with E-state index in [4.69, 9.17) is 0 Å². The van der Waals surface area contributed by atoms with Crippen molar-refractivity contribution in [3.8, 4) is 0 Å². The fraction of sp³-hybridized carbons (Fsp3) is 0.433. The minimum atomic E-state index is -0.976. The Morgan fingerprint density at radius 2 is 1.35 bits per heavy atom. The van der Waals surface area contributed by atoms with Crippen LogP contribution in [0.15, 0.2) is 60.7 Å². The maximum atomic E-state index is 13.8. The van der Waals surface area contributed by atoms with Crippen LogP contribution in [-0.4, -0.2) is 71.7 Å². The number of fused-ring (bicyclic) bond motifs is 1. The molecule has 4 N–H and O–H groups in total. The van der Waals surface area contributed by atoms with Crippen molar-refractivity contribution in [2.24, 2.45) is 5.92 Å². The van der Waals surface area contributed by atoms with Crippen molar-refractivity contribution in [1.82, 2.24) is 26.2 Å². The van der Waals surface area contributed by atoms with Crippen LogP contribution >= 0.6 is 0 Å². The van der Waals surface area contributed by atoms with E-state index in [9.17, 15) is 24.0 Å². The molecule has 2 fully saturated rings. The molecule has 212 valence electrons. The van der Waals surface area contributed by atoms with Crippen LogP contribution in [0.3, 0.4) is 0 Å². The largest absolute Gasteiger partial charge is 0.345 e. The molecule has 4 rings (SSSR count). The molecular weight excluding hydrogens is 510 g/mol. The lowest BCUT2D eigenvalue weighted by atomic mass is 9.99. The fourth-order valence-corrected chi connectivity index (χ4v) is 5.19. The first-order chi connectivity index (χ1) is 19.2. The Kier molecular flexibility index (Phi) is 9.52. The highest BCUT2D eigenvalue weighted by Gasteiger charge is 2.39. The molecule has 2 aliphatic rings. The lowest BCUT2D eigenvalue weighted by molar-refractivity contribution is -0.142. The Morgan fingerprint density at radius 1 is 0.750 bits per heavy atom. The molecule has 40 heavy (non-hydrogen) atoms. The molecule has 2 aromatic carbocycles. The zero-order chi connectivity index (χ0) is 28.6. The summed E-state index contributed by atoms with van der Waals surface area (Å²) in [6.07, 6.45) is 1.51. The number of benzene rings is 2. The highest BCUT2D eigenvalue weighted by molar-refractivity contribution is 5.97. The van der Waals surface area contributed by atoms with Gasteiger partial charge in [0.1, 0.15) is 24.2 Å². The summed E-state index contributed by atoms with van der Waals surface area (Å²) in [4.78, 5) is 68.3. The van der Waals surface area contributed by atoms with Gasteiger partial charge in [0.25, 0.3) is 0 Å². The maximum absolute atomic E-state index is 13.8. The molecule has 0 unspecified atom stereocenters. The SMILES string of the molecule is CC(C)[C@H]1NC(=O)[C@H](Cc2ccccc2)NC(=O)CNC(=O)[C@@H]2CCCN2C(=O)[C@H](Cc2ccccc2)NC1=O. The molecule has 0 aromatic heterocycles. The molecule has 0 bridgehead atoms. The zero-order valence-corrected chi connectivity index (χ0v) is 22.9. The van der Waals surface area contributed by atoms with E-state index >= 15 is 0 Å². The Balaban J connectivity index is 1.66. The summed E-state index contributed by atoms with van der Waals surface area (Å²) in [6, 6.07) is 14.9. The maximum Gasteiger partial charge on any atom is 0.246 e. The first-order valence-electron chi connectivity index (χ1n) is 13.8. The van der Waals surface area contributed by atoms with E-state index in [2.05, 4.69) is 21.3 Å². The normalized spacial score (nSPS) is 24.8. The van der Waals surface area contributed by atoms with E-state index < -0.39 is 47.8 Å². The molecule has 2 saturated heterocycles. The summed E-state index contributed by atoms with van der Waals surface area (Å²) < 4.78 is 0. The number of carbonyl (C=O) groups excluding carboxylic acids is 5. The number of rotatable bonds is 5. The van der Waals surface area contributed by atoms with E-state index in [-0.39, 0.29) is 31.2 Å². The lowest BCUT2D eigenvalue weighted by Crippen LogP contribution is -2.59. The number of carbonyl (C=O) groups is 5. The number of nitrogens with zero attached hydrogens (tertiary/aromatic N) is 1. The molecule has 0 aliphatic carbocycles. The third kappa shape index (κ3) is 7.25. The predicted molar refractivity (Wildman–Crippen MR) is 149 cm³/mol. The van der Waals surface area contributed by atoms with Gasteiger partial charge in [-0.2, -0.15) is 0 Å². The van der Waals surface area contributed by atoms with E-state index in [0.717, 1.165) is 11.1 Å². The van der Waals surface area contributed by atoms with Crippen molar-refractivity contribution in [2.75, 3.05) is 13.1 Å². The van der Waals surface area contributed by atoms with Crippen molar-refractivity contribution >= 4 is 29.5 Å². The van der Waals surface area contributed by atoms with E-state index in [1.54, 1.807) is 13.8 Å². The van der Waals surface area contributed by atoms with Gasteiger partial charge in [0.15, 0.2) is 0 Å². The quantitative estimate of drug-likeness (QED) is 0.437. The van der Waals surface area contributed by atoms with Gasteiger partial charge in [-0.15, -0.1) is 0 Å². The molecule has 0 spiro atoms. The number of amides is 5. The minimum Gasteiger partial charge on any atom is -0.345 e. The number of hydrogen-bond acceptors (Lipinski definition) is 5. The van der Waals surface area contributed by atoms with Gasteiger partial charge in [-0.1, -0.05) is 74.5 Å². The van der Waals surface area contributed by atoms with Crippen LogP contribution in [0.4, 0.5) is 0 Å².